The molecule has 0 saturated heterocycles. The van der Waals surface area contributed by atoms with E-state index in [0.717, 1.165) is 8.78 Å². The highest BCUT2D eigenvalue weighted by Gasteiger charge is 2.27. The van der Waals surface area contributed by atoms with Gasteiger partial charge in [-0.15, -0.1) is 5.10 Å². The summed E-state index contributed by atoms with van der Waals surface area (Å²) in [6, 6.07) is 13.2. The first-order chi connectivity index (χ1) is 15.3. The molecule has 0 unspecified atom stereocenters. The molecule has 170 valence electrons. The van der Waals surface area contributed by atoms with Crippen LogP contribution in [0, 0.1) is 6.92 Å². The maximum Gasteiger partial charge on any atom is 0.243 e. The van der Waals surface area contributed by atoms with Gasteiger partial charge in [0.05, 0.1) is 11.4 Å². The van der Waals surface area contributed by atoms with Gasteiger partial charge in [-0.1, -0.05) is 57.5 Å². The molecule has 8 nitrogen and oxygen atoms in total. The Kier molecular flexibility index (Phi) is 8.72. The molecule has 1 amide bonds. The quantitative estimate of drug-likeness (QED) is 0.291. The number of aromatic amines is 1. The largest absolute Gasteiger partial charge is 0.354 e. The molecule has 2 aromatic carbocycles. The Morgan fingerprint density at radius 3 is 2.59 bits per heavy atom. The zero-order valence-corrected chi connectivity index (χ0v) is 21.1. The minimum Gasteiger partial charge on any atom is -0.354 e. The van der Waals surface area contributed by atoms with Crippen LogP contribution < -0.4 is 5.32 Å². The van der Waals surface area contributed by atoms with E-state index in [1.807, 2.05) is 0 Å². The molecule has 0 atom stereocenters. The molecule has 1 aromatic heterocycles. The zero-order valence-electron chi connectivity index (χ0n) is 17.1. The van der Waals surface area contributed by atoms with Crippen LogP contribution in [0.4, 0.5) is 0 Å². The van der Waals surface area contributed by atoms with E-state index >= 15 is 0 Å². The summed E-state index contributed by atoms with van der Waals surface area (Å²) in [6.45, 7) is 1.78. The molecular weight excluding hydrogens is 538 g/mol. The molecule has 1 heterocycles. The Balaban J connectivity index is 1.69. The fourth-order valence-electron chi connectivity index (χ4n) is 2.73. The fraction of sp³-hybridized carbons (Fsp3) is 0.250. The van der Waals surface area contributed by atoms with Crippen LogP contribution in [0.15, 0.2) is 63.1 Å². The average molecular weight is 559 g/mol. The predicted molar refractivity (Wildman–Crippen MR) is 128 cm³/mol. The standard InChI is InChI=1S/C20H21BrClN5O3S2/c1-14-24-20(26-25-14)31-11-10-23-19(28)13-27(12-15-4-2-3-5-18(15)22)32(29,30)17-8-6-16(21)7-9-17/h2-9H,10-13H2,1H3,(H,23,28)(H,24,25,26). The summed E-state index contributed by atoms with van der Waals surface area (Å²) < 4.78 is 28.4. The molecule has 3 aromatic rings. The van der Waals surface area contributed by atoms with Gasteiger partial charge in [-0.05, 0) is 42.8 Å². The molecule has 0 radical (unpaired) electrons. The van der Waals surface area contributed by atoms with Gasteiger partial charge in [0.2, 0.25) is 21.1 Å². The first-order valence-corrected chi connectivity index (χ1v) is 13.1. The third-order valence-corrected chi connectivity index (χ3v) is 7.86. The lowest BCUT2D eigenvalue weighted by atomic mass is 10.2. The number of thioether (sulfide) groups is 1. The maximum atomic E-state index is 13.3. The van der Waals surface area contributed by atoms with Gasteiger partial charge >= 0.3 is 0 Å². The number of amides is 1. The number of carbonyl (C=O) groups is 1. The average Bonchev–Trinajstić information content (AvgIpc) is 3.17. The van der Waals surface area contributed by atoms with Crippen molar-refractivity contribution in [1.29, 1.82) is 0 Å². The number of nitrogens with one attached hydrogen (secondary N) is 2. The summed E-state index contributed by atoms with van der Waals surface area (Å²) >= 11 is 10.9. The van der Waals surface area contributed by atoms with E-state index in [-0.39, 0.29) is 18.0 Å². The van der Waals surface area contributed by atoms with Crippen LogP contribution in [0.1, 0.15) is 11.4 Å². The molecule has 0 fully saturated rings. The number of benzene rings is 2. The lowest BCUT2D eigenvalue weighted by molar-refractivity contribution is -0.121. The Hall–Kier alpha value is -1.92. The molecule has 3 rings (SSSR count). The molecular formula is C20H21BrClN5O3S2. The molecule has 0 aliphatic heterocycles. The smallest absolute Gasteiger partial charge is 0.243 e. The molecule has 0 aliphatic carbocycles. The van der Waals surface area contributed by atoms with Crippen molar-refractivity contribution in [3.05, 3.63) is 69.4 Å². The van der Waals surface area contributed by atoms with Gasteiger partial charge in [-0.25, -0.2) is 13.4 Å². The number of hydrogen-bond acceptors (Lipinski definition) is 6. The summed E-state index contributed by atoms with van der Waals surface area (Å²) in [6.07, 6.45) is 0. The van der Waals surface area contributed by atoms with Crippen LogP contribution >= 0.6 is 39.3 Å². The highest BCUT2D eigenvalue weighted by atomic mass is 79.9. The molecule has 12 heteroatoms. The highest BCUT2D eigenvalue weighted by molar-refractivity contribution is 9.10. The first kappa shape index (κ1) is 24.7. The Morgan fingerprint density at radius 1 is 1.22 bits per heavy atom. The molecule has 0 saturated carbocycles. The first-order valence-electron chi connectivity index (χ1n) is 9.53. The van der Waals surface area contributed by atoms with Crippen molar-refractivity contribution >= 4 is 55.2 Å². The highest BCUT2D eigenvalue weighted by Crippen LogP contribution is 2.23. The molecule has 2 N–H and O–H groups in total. The number of carbonyl (C=O) groups excluding carboxylic acids is 1. The second-order valence-corrected chi connectivity index (χ2v) is 11.0. The molecule has 32 heavy (non-hydrogen) atoms. The van der Waals surface area contributed by atoms with Crippen LogP contribution in [0.3, 0.4) is 0 Å². The number of H-pyrrole nitrogens is 1. The van der Waals surface area contributed by atoms with Crippen LogP contribution in [0.25, 0.3) is 0 Å². The van der Waals surface area contributed by atoms with Crippen molar-refractivity contribution in [3.8, 4) is 0 Å². The Bertz CT molecular complexity index is 1170. The normalized spacial score (nSPS) is 11.6. The van der Waals surface area contributed by atoms with E-state index < -0.39 is 15.9 Å². The minimum atomic E-state index is -3.93. The van der Waals surface area contributed by atoms with Crippen LogP contribution in [0.5, 0.6) is 0 Å². The third kappa shape index (κ3) is 6.79. The number of hydrogen-bond donors (Lipinski definition) is 2. The van der Waals surface area contributed by atoms with Gasteiger partial charge in [0, 0.05) is 28.3 Å². The van der Waals surface area contributed by atoms with Crippen molar-refractivity contribution < 1.29 is 13.2 Å². The Morgan fingerprint density at radius 2 is 1.94 bits per heavy atom. The van der Waals surface area contributed by atoms with Gasteiger partial charge in [0.25, 0.3) is 0 Å². The minimum absolute atomic E-state index is 0.0310. The van der Waals surface area contributed by atoms with Crippen molar-refractivity contribution in [2.75, 3.05) is 18.8 Å². The second kappa shape index (κ2) is 11.3. The fourth-order valence-corrected chi connectivity index (χ4v) is 5.27. The lowest BCUT2D eigenvalue weighted by Gasteiger charge is -2.22. The van der Waals surface area contributed by atoms with Gasteiger partial charge in [-0.2, -0.15) is 4.31 Å². The number of halogens is 2. The van der Waals surface area contributed by atoms with Crippen molar-refractivity contribution in [1.82, 2.24) is 24.8 Å². The molecule has 0 bridgehead atoms. The maximum absolute atomic E-state index is 13.3. The van der Waals surface area contributed by atoms with E-state index in [1.165, 1.54) is 23.9 Å². The van der Waals surface area contributed by atoms with Crippen molar-refractivity contribution in [2.45, 2.75) is 23.5 Å². The number of aryl methyl sites for hydroxylation is 1. The predicted octanol–water partition coefficient (Wildman–Crippen LogP) is 3.63. The van der Waals surface area contributed by atoms with E-state index in [4.69, 9.17) is 11.6 Å². The summed E-state index contributed by atoms with van der Waals surface area (Å²) in [5, 5.41) is 10.5. The number of nitrogens with zero attached hydrogens (tertiary/aromatic N) is 3. The third-order valence-electron chi connectivity index (χ3n) is 4.31. The number of rotatable bonds is 10. The van der Waals surface area contributed by atoms with Crippen LogP contribution in [0.2, 0.25) is 5.02 Å². The number of sulfonamides is 1. The van der Waals surface area contributed by atoms with Crippen LogP contribution in [-0.2, 0) is 21.4 Å². The zero-order chi connectivity index (χ0) is 23.1. The van der Waals surface area contributed by atoms with Crippen molar-refractivity contribution in [2.24, 2.45) is 0 Å². The summed E-state index contributed by atoms with van der Waals surface area (Å²) in [7, 11) is -3.93. The summed E-state index contributed by atoms with van der Waals surface area (Å²) in [4.78, 5) is 16.8. The number of aromatic nitrogens is 3. The summed E-state index contributed by atoms with van der Waals surface area (Å²) in [5.41, 5.74) is 0.609. The lowest BCUT2D eigenvalue weighted by Crippen LogP contribution is -2.41. The topological polar surface area (TPSA) is 108 Å². The molecule has 0 aliphatic rings. The van der Waals surface area contributed by atoms with Gasteiger partial charge in [0.1, 0.15) is 5.82 Å². The second-order valence-electron chi connectivity index (χ2n) is 6.72. The van der Waals surface area contributed by atoms with Gasteiger partial charge < -0.3 is 5.32 Å². The van der Waals surface area contributed by atoms with Crippen LogP contribution in [-0.4, -0.2) is 52.7 Å². The SMILES string of the molecule is Cc1nc(SCCNC(=O)CN(Cc2ccccc2Cl)S(=O)(=O)c2ccc(Br)cc2)n[nH]1. The summed E-state index contributed by atoms with van der Waals surface area (Å²) in [5.74, 6) is 0.849. The van der Waals surface area contributed by atoms with Gasteiger partial charge in [0.15, 0.2) is 0 Å². The molecule has 0 spiro atoms. The van der Waals surface area contributed by atoms with E-state index in [2.05, 4.69) is 36.4 Å². The van der Waals surface area contributed by atoms with Gasteiger partial charge in [-0.3, -0.25) is 9.89 Å². The van der Waals surface area contributed by atoms with E-state index in [9.17, 15) is 13.2 Å². The van der Waals surface area contributed by atoms with Crippen molar-refractivity contribution in [3.63, 3.8) is 0 Å². The van der Waals surface area contributed by atoms with E-state index in [1.54, 1.807) is 43.3 Å². The van der Waals surface area contributed by atoms with E-state index in [0.29, 0.717) is 33.9 Å². The monoisotopic (exact) mass is 557 g/mol. The Labute approximate surface area is 204 Å².